The van der Waals surface area contributed by atoms with Crippen LogP contribution in [-0.4, -0.2) is 44.9 Å². The Morgan fingerprint density at radius 1 is 1.40 bits per heavy atom. The van der Waals surface area contributed by atoms with Crippen LogP contribution in [0.15, 0.2) is 12.3 Å². The number of likely N-dealkylation sites (tertiary alicyclic amines) is 1. The molecule has 2 aromatic heterocycles. The molecule has 1 aliphatic heterocycles. The zero-order valence-electron chi connectivity index (χ0n) is 14.5. The molecular weight excluding hydrogens is 316 g/mol. The fraction of sp³-hybridized carbons (Fsp3) is 0.556. The Kier molecular flexibility index (Phi) is 3.83. The van der Waals surface area contributed by atoms with Crippen LogP contribution in [0.4, 0.5) is 5.82 Å². The van der Waals surface area contributed by atoms with Crippen molar-refractivity contribution in [2.75, 3.05) is 18.4 Å². The molecule has 1 aliphatic carbocycles. The van der Waals surface area contributed by atoms with Crippen molar-refractivity contribution in [1.29, 1.82) is 5.26 Å². The van der Waals surface area contributed by atoms with Gasteiger partial charge in [-0.1, -0.05) is 0 Å². The van der Waals surface area contributed by atoms with E-state index in [1.165, 1.54) is 0 Å². The van der Waals surface area contributed by atoms with Crippen LogP contribution in [0.3, 0.4) is 0 Å². The normalized spacial score (nSPS) is 26.4. The third-order valence-corrected chi connectivity index (χ3v) is 5.50. The molecule has 2 aliphatic rings. The molecular formula is C18H22N6O. The van der Waals surface area contributed by atoms with Gasteiger partial charge in [0.25, 0.3) is 0 Å². The molecule has 2 fully saturated rings. The summed E-state index contributed by atoms with van der Waals surface area (Å²) in [7, 11) is 0. The number of carbonyl (C=O) groups excluding carboxylic acids is 1. The molecule has 0 aromatic carbocycles. The van der Waals surface area contributed by atoms with E-state index in [1.54, 1.807) is 6.92 Å². The lowest BCUT2D eigenvalue weighted by Crippen LogP contribution is -2.34. The van der Waals surface area contributed by atoms with E-state index in [-0.39, 0.29) is 5.91 Å². The topological polar surface area (TPSA) is 97.7 Å². The maximum absolute atomic E-state index is 12.2. The third kappa shape index (κ3) is 2.82. The van der Waals surface area contributed by atoms with Gasteiger partial charge < -0.3 is 15.2 Å². The highest BCUT2D eigenvalue weighted by Gasteiger charge is 2.43. The number of H-pyrrole nitrogens is 1. The molecule has 2 unspecified atom stereocenters. The predicted octanol–water partition coefficient (Wildman–Crippen LogP) is 2.07. The van der Waals surface area contributed by atoms with Crippen LogP contribution in [-0.2, 0) is 4.79 Å². The minimum Gasteiger partial charge on any atom is -0.367 e. The van der Waals surface area contributed by atoms with Crippen LogP contribution < -0.4 is 5.32 Å². The number of nitrogens with one attached hydrogen (secondary N) is 2. The second-order valence-corrected chi connectivity index (χ2v) is 7.29. The Labute approximate surface area is 146 Å². The van der Waals surface area contributed by atoms with E-state index in [0.29, 0.717) is 17.9 Å². The number of aromatic nitrogens is 3. The van der Waals surface area contributed by atoms with E-state index >= 15 is 0 Å². The van der Waals surface area contributed by atoms with Gasteiger partial charge in [-0.25, -0.2) is 9.97 Å². The van der Waals surface area contributed by atoms with Gasteiger partial charge in [-0.15, -0.1) is 0 Å². The fourth-order valence-electron chi connectivity index (χ4n) is 4.28. The maximum atomic E-state index is 12.2. The van der Waals surface area contributed by atoms with Crippen LogP contribution >= 0.6 is 0 Å². The highest BCUT2D eigenvalue weighted by atomic mass is 16.2. The van der Waals surface area contributed by atoms with Crippen molar-refractivity contribution >= 4 is 22.8 Å². The molecule has 3 heterocycles. The van der Waals surface area contributed by atoms with Crippen molar-refractivity contribution in [3.8, 4) is 6.07 Å². The van der Waals surface area contributed by atoms with Crippen LogP contribution in [0.2, 0.25) is 0 Å². The van der Waals surface area contributed by atoms with Crippen molar-refractivity contribution in [3.05, 3.63) is 18.1 Å². The van der Waals surface area contributed by atoms with Crippen molar-refractivity contribution in [1.82, 2.24) is 19.9 Å². The SMILES string of the molecule is Cc1nc(NC2C[C@@H]3CN(C(=O)C(C)C#N)C[C@@H]3C2)c2cc[nH]c2n1. The van der Waals surface area contributed by atoms with Gasteiger partial charge in [0.15, 0.2) is 0 Å². The van der Waals surface area contributed by atoms with Crippen molar-refractivity contribution < 1.29 is 4.79 Å². The lowest BCUT2D eigenvalue weighted by molar-refractivity contribution is -0.132. The quantitative estimate of drug-likeness (QED) is 0.893. The largest absolute Gasteiger partial charge is 0.367 e. The van der Waals surface area contributed by atoms with Crippen molar-refractivity contribution in [2.45, 2.75) is 32.7 Å². The summed E-state index contributed by atoms with van der Waals surface area (Å²) in [5.74, 6) is 2.09. The number of aromatic amines is 1. The van der Waals surface area contributed by atoms with E-state index < -0.39 is 5.92 Å². The first-order valence-corrected chi connectivity index (χ1v) is 8.82. The van der Waals surface area contributed by atoms with E-state index in [1.807, 2.05) is 30.2 Å². The van der Waals surface area contributed by atoms with Gasteiger partial charge in [0, 0.05) is 25.3 Å². The lowest BCUT2D eigenvalue weighted by atomic mass is 10.0. The monoisotopic (exact) mass is 338 g/mol. The molecule has 2 aromatic rings. The number of carbonyl (C=O) groups is 1. The Morgan fingerprint density at radius 3 is 2.80 bits per heavy atom. The molecule has 1 amide bonds. The Balaban J connectivity index is 1.43. The van der Waals surface area contributed by atoms with Crippen LogP contribution in [0, 0.1) is 36.0 Å². The van der Waals surface area contributed by atoms with Crippen LogP contribution in [0.25, 0.3) is 11.0 Å². The number of amides is 1. The van der Waals surface area contributed by atoms with E-state index in [4.69, 9.17) is 5.26 Å². The number of fused-ring (bicyclic) bond motifs is 2. The molecule has 130 valence electrons. The average molecular weight is 338 g/mol. The molecule has 4 rings (SSSR count). The third-order valence-electron chi connectivity index (χ3n) is 5.50. The van der Waals surface area contributed by atoms with E-state index in [0.717, 1.165) is 48.6 Å². The summed E-state index contributed by atoms with van der Waals surface area (Å²) in [6, 6.07) is 4.41. The van der Waals surface area contributed by atoms with Crippen molar-refractivity contribution in [2.24, 2.45) is 17.8 Å². The predicted molar refractivity (Wildman–Crippen MR) is 93.6 cm³/mol. The summed E-state index contributed by atoms with van der Waals surface area (Å²) in [5, 5.41) is 13.6. The first-order chi connectivity index (χ1) is 12.0. The Bertz CT molecular complexity index is 839. The van der Waals surface area contributed by atoms with Gasteiger partial charge in [0.2, 0.25) is 5.91 Å². The molecule has 2 N–H and O–H groups in total. The molecule has 7 nitrogen and oxygen atoms in total. The molecule has 0 bridgehead atoms. The molecule has 1 saturated carbocycles. The first kappa shape index (κ1) is 15.9. The molecule has 4 atom stereocenters. The summed E-state index contributed by atoms with van der Waals surface area (Å²) in [6.07, 6.45) is 3.95. The zero-order chi connectivity index (χ0) is 17.6. The number of nitrogens with zero attached hydrogens (tertiary/aromatic N) is 4. The zero-order valence-corrected chi connectivity index (χ0v) is 14.5. The number of hydrogen-bond donors (Lipinski definition) is 2. The second-order valence-electron chi connectivity index (χ2n) is 7.29. The molecule has 25 heavy (non-hydrogen) atoms. The van der Waals surface area contributed by atoms with Gasteiger partial charge in [0.05, 0.1) is 11.5 Å². The summed E-state index contributed by atoms with van der Waals surface area (Å²) < 4.78 is 0. The Hall–Kier alpha value is -2.62. The second kappa shape index (κ2) is 6.03. The van der Waals surface area contributed by atoms with Gasteiger partial charge in [0.1, 0.15) is 23.2 Å². The summed E-state index contributed by atoms with van der Waals surface area (Å²) in [5.41, 5.74) is 0.857. The number of nitriles is 1. The number of anilines is 1. The Morgan fingerprint density at radius 2 is 2.12 bits per heavy atom. The van der Waals surface area contributed by atoms with E-state index in [2.05, 4.69) is 20.3 Å². The number of aryl methyl sites for hydroxylation is 1. The minimum absolute atomic E-state index is 0.0261. The molecule has 0 spiro atoms. The van der Waals surface area contributed by atoms with Gasteiger partial charge in [-0.2, -0.15) is 5.26 Å². The number of hydrogen-bond acceptors (Lipinski definition) is 5. The summed E-state index contributed by atoms with van der Waals surface area (Å²) >= 11 is 0. The van der Waals surface area contributed by atoms with E-state index in [9.17, 15) is 4.79 Å². The van der Waals surface area contributed by atoms with Crippen LogP contribution in [0.5, 0.6) is 0 Å². The number of rotatable bonds is 3. The smallest absolute Gasteiger partial charge is 0.239 e. The average Bonchev–Trinajstić information content (AvgIpc) is 3.27. The van der Waals surface area contributed by atoms with Gasteiger partial charge in [-0.3, -0.25) is 4.79 Å². The summed E-state index contributed by atoms with van der Waals surface area (Å²) in [4.78, 5) is 26.2. The first-order valence-electron chi connectivity index (χ1n) is 8.82. The van der Waals surface area contributed by atoms with Gasteiger partial charge >= 0.3 is 0 Å². The fourth-order valence-corrected chi connectivity index (χ4v) is 4.28. The molecule has 1 saturated heterocycles. The molecule has 7 heteroatoms. The summed E-state index contributed by atoms with van der Waals surface area (Å²) in [6.45, 7) is 5.13. The lowest BCUT2D eigenvalue weighted by Gasteiger charge is -2.21. The maximum Gasteiger partial charge on any atom is 0.239 e. The highest BCUT2D eigenvalue weighted by Crippen LogP contribution is 2.40. The standard InChI is InChI=1S/C18H22N6O/c1-10(7-19)18(25)24-8-12-5-14(6-13(12)9-24)23-17-15-3-4-20-16(15)21-11(2)22-17/h3-4,10,12-14H,5-6,8-9H2,1-2H3,(H2,20,21,22,23)/t10?,12-,13+,14?. The highest BCUT2D eigenvalue weighted by molar-refractivity contribution is 5.87. The van der Waals surface area contributed by atoms with Crippen molar-refractivity contribution in [3.63, 3.8) is 0 Å². The minimum atomic E-state index is -0.543. The van der Waals surface area contributed by atoms with Gasteiger partial charge in [-0.05, 0) is 44.6 Å². The van der Waals surface area contributed by atoms with Crippen LogP contribution in [0.1, 0.15) is 25.6 Å². The molecule has 0 radical (unpaired) electrons.